The summed E-state index contributed by atoms with van der Waals surface area (Å²) in [6, 6.07) is 7.64. The van der Waals surface area contributed by atoms with Crippen LogP contribution < -0.4 is 4.90 Å². The second-order valence-electron chi connectivity index (χ2n) is 10.4. The lowest BCUT2D eigenvalue weighted by molar-refractivity contribution is 0.0274. The molecule has 3 rings (SSSR count). The standard InChI is InChI=1S/C30H37N5O4/c1-8-12-26-31-19-25(21(2)36)27(33-26)34(6)16-10-9-13-22-14-11-15-23(17-22)28-32-18-24(38-28)20-35(7)29(37)39-30(3,4)5/h11,14-15,17-19H,8,10,12,16,20H2,1-7H3. The molecule has 0 N–H and O–H groups in total. The normalized spacial score (nSPS) is 10.9. The van der Waals surface area contributed by atoms with Crippen LogP contribution in [0.2, 0.25) is 0 Å². The van der Waals surface area contributed by atoms with Gasteiger partial charge in [0.1, 0.15) is 23.0 Å². The van der Waals surface area contributed by atoms with E-state index in [9.17, 15) is 9.59 Å². The number of hydrogen-bond donors (Lipinski definition) is 0. The van der Waals surface area contributed by atoms with Crippen molar-refractivity contribution in [3.05, 3.63) is 59.4 Å². The van der Waals surface area contributed by atoms with Crippen LogP contribution in [0.25, 0.3) is 11.5 Å². The Morgan fingerprint density at radius 3 is 2.59 bits per heavy atom. The Hall–Kier alpha value is -4.19. The number of hydrogen-bond acceptors (Lipinski definition) is 8. The third kappa shape index (κ3) is 8.67. The van der Waals surface area contributed by atoms with Crippen molar-refractivity contribution in [2.45, 2.75) is 66.0 Å². The number of carbonyl (C=O) groups is 2. The van der Waals surface area contributed by atoms with Gasteiger partial charge in [0.2, 0.25) is 5.89 Å². The number of aryl methyl sites for hydroxylation is 1. The number of rotatable bonds is 9. The largest absolute Gasteiger partial charge is 0.444 e. The summed E-state index contributed by atoms with van der Waals surface area (Å²) in [4.78, 5) is 41.0. The molecule has 1 amide bonds. The van der Waals surface area contributed by atoms with Crippen LogP contribution in [0.1, 0.15) is 75.0 Å². The van der Waals surface area contributed by atoms with Gasteiger partial charge >= 0.3 is 6.09 Å². The van der Waals surface area contributed by atoms with Crippen LogP contribution in [0, 0.1) is 11.8 Å². The molecule has 9 nitrogen and oxygen atoms in total. The predicted molar refractivity (Wildman–Crippen MR) is 150 cm³/mol. The van der Waals surface area contributed by atoms with Crippen LogP contribution >= 0.6 is 0 Å². The van der Waals surface area contributed by atoms with E-state index in [1.54, 1.807) is 19.4 Å². The van der Waals surface area contributed by atoms with E-state index in [0.717, 1.165) is 29.8 Å². The van der Waals surface area contributed by atoms with E-state index in [1.165, 1.54) is 11.8 Å². The molecule has 0 aliphatic heterocycles. The van der Waals surface area contributed by atoms with Crippen molar-refractivity contribution >= 4 is 17.7 Å². The molecular formula is C30H37N5O4. The third-order valence-corrected chi connectivity index (χ3v) is 5.60. The van der Waals surface area contributed by atoms with Gasteiger partial charge in [-0.05, 0) is 52.3 Å². The van der Waals surface area contributed by atoms with Crippen LogP contribution in [0.4, 0.5) is 10.6 Å². The number of carbonyl (C=O) groups excluding carboxylic acids is 2. The number of anilines is 1. The number of ketones is 1. The van der Waals surface area contributed by atoms with E-state index in [4.69, 9.17) is 9.15 Å². The highest BCUT2D eigenvalue weighted by Gasteiger charge is 2.21. The Bertz CT molecular complexity index is 1360. The van der Waals surface area contributed by atoms with Gasteiger partial charge in [0.05, 0.1) is 18.3 Å². The minimum atomic E-state index is -0.569. The first kappa shape index (κ1) is 29.4. The average Bonchev–Trinajstić information content (AvgIpc) is 3.34. The van der Waals surface area contributed by atoms with Gasteiger partial charge in [0.25, 0.3) is 0 Å². The molecule has 1 aromatic carbocycles. The first-order valence-electron chi connectivity index (χ1n) is 13.0. The van der Waals surface area contributed by atoms with Crippen LogP contribution in [-0.2, 0) is 17.7 Å². The molecule has 0 spiro atoms. The van der Waals surface area contributed by atoms with E-state index in [0.29, 0.717) is 36.0 Å². The summed E-state index contributed by atoms with van der Waals surface area (Å²) in [5.74, 6) is 8.71. The number of aromatic nitrogens is 3. The Morgan fingerprint density at radius 1 is 1.13 bits per heavy atom. The van der Waals surface area contributed by atoms with Gasteiger partial charge in [0.15, 0.2) is 5.78 Å². The minimum Gasteiger partial charge on any atom is -0.444 e. The molecule has 9 heteroatoms. The maximum Gasteiger partial charge on any atom is 0.410 e. The highest BCUT2D eigenvalue weighted by atomic mass is 16.6. The lowest BCUT2D eigenvalue weighted by Crippen LogP contribution is -2.33. The Morgan fingerprint density at radius 2 is 1.90 bits per heavy atom. The fourth-order valence-corrected chi connectivity index (χ4v) is 3.67. The first-order chi connectivity index (χ1) is 18.5. The van der Waals surface area contributed by atoms with E-state index in [-0.39, 0.29) is 12.3 Å². The second-order valence-corrected chi connectivity index (χ2v) is 10.4. The van der Waals surface area contributed by atoms with E-state index in [1.807, 2.05) is 57.0 Å². The van der Waals surface area contributed by atoms with E-state index < -0.39 is 11.7 Å². The molecule has 0 aliphatic carbocycles. The molecule has 2 aromatic heterocycles. The number of nitrogens with zero attached hydrogens (tertiary/aromatic N) is 5. The summed E-state index contributed by atoms with van der Waals surface area (Å²) in [5, 5.41) is 0. The maximum absolute atomic E-state index is 12.2. The van der Waals surface area contributed by atoms with Crippen LogP contribution in [0.3, 0.4) is 0 Å². The van der Waals surface area contributed by atoms with Gasteiger partial charge in [0, 0.05) is 50.8 Å². The van der Waals surface area contributed by atoms with Crippen molar-refractivity contribution < 1.29 is 18.7 Å². The molecular weight excluding hydrogens is 494 g/mol. The Balaban J connectivity index is 1.63. The van der Waals surface area contributed by atoms with Crippen molar-refractivity contribution in [3.8, 4) is 23.3 Å². The Kier molecular flexibility index (Phi) is 9.83. The summed E-state index contributed by atoms with van der Waals surface area (Å²) >= 11 is 0. The summed E-state index contributed by atoms with van der Waals surface area (Å²) in [7, 11) is 3.56. The minimum absolute atomic E-state index is 0.0611. The molecule has 0 atom stereocenters. The monoisotopic (exact) mass is 531 g/mol. The van der Waals surface area contributed by atoms with Crippen molar-refractivity contribution in [3.63, 3.8) is 0 Å². The summed E-state index contributed by atoms with van der Waals surface area (Å²) in [6.07, 6.45) is 5.09. The lowest BCUT2D eigenvalue weighted by atomic mass is 10.1. The fraction of sp³-hybridized carbons (Fsp3) is 0.433. The lowest BCUT2D eigenvalue weighted by Gasteiger charge is -2.23. The smallest absolute Gasteiger partial charge is 0.410 e. The Labute approximate surface area is 230 Å². The SMILES string of the molecule is CCCc1ncc(C(C)=O)c(N(C)CCC#Cc2cccc(-c3ncc(CN(C)C(=O)OC(C)(C)C)o3)c2)n1. The maximum atomic E-state index is 12.2. The predicted octanol–water partition coefficient (Wildman–Crippen LogP) is 5.53. The highest BCUT2D eigenvalue weighted by molar-refractivity contribution is 5.98. The second kappa shape index (κ2) is 13.1. The van der Waals surface area contributed by atoms with Crippen molar-refractivity contribution in [2.24, 2.45) is 0 Å². The highest BCUT2D eigenvalue weighted by Crippen LogP contribution is 2.22. The van der Waals surface area contributed by atoms with Gasteiger partial charge in [-0.15, -0.1) is 0 Å². The van der Waals surface area contributed by atoms with E-state index in [2.05, 4.69) is 33.7 Å². The molecule has 0 bridgehead atoms. The van der Waals surface area contributed by atoms with Gasteiger partial charge in [-0.1, -0.05) is 24.8 Å². The molecule has 3 aromatic rings. The molecule has 39 heavy (non-hydrogen) atoms. The van der Waals surface area contributed by atoms with Gasteiger partial charge in [-0.2, -0.15) is 0 Å². The van der Waals surface area contributed by atoms with E-state index >= 15 is 0 Å². The van der Waals surface area contributed by atoms with Crippen LogP contribution in [0.5, 0.6) is 0 Å². The molecule has 0 saturated carbocycles. The number of Topliss-reactive ketones (excluding diaryl/α,β-unsaturated/α-hetero) is 1. The third-order valence-electron chi connectivity index (χ3n) is 5.60. The first-order valence-corrected chi connectivity index (χ1v) is 13.0. The molecule has 206 valence electrons. The molecule has 0 radical (unpaired) electrons. The van der Waals surface area contributed by atoms with Crippen molar-refractivity contribution in [1.82, 2.24) is 19.9 Å². The fourth-order valence-electron chi connectivity index (χ4n) is 3.67. The summed E-state index contributed by atoms with van der Waals surface area (Å²) in [6.45, 7) is 9.93. The van der Waals surface area contributed by atoms with Crippen LogP contribution in [0.15, 0.2) is 41.1 Å². The topological polar surface area (TPSA) is 102 Å². The summed E-state index contributed by atoms with van der Waals surface area (Å²) < 4.78 is 11.3. The molecule has 0 unspecified atom stereocenters. The van der Waals surface area contributed by atoms with Crippen LogP contribution in [-0.4, -0.2) is 58.0 Å². The number of oxazole rings is 1. The zero-order valence-electron chi connectivity index (χ0n) is 23.9. The van der Waals surface area contributed by atoms with Gasteiger partial charge in [-0.3, -0.25) is 4.79 Å². The molecule has 0 fully saturated rings. The van der Waals surface area contributed by atoms with Gasteiger partial charge in [-0.25, -0.2) is 19.7 Å². The quantitative estimate of drug-likeness (QED) is 0.262. The number of ether oxygens (including phenoxy) is 1. The molecule has 0 saturated heterocycles. The number of benzene rings is 1. The zero-order chi connectivity index (χ0) is 28.6. The summed E-state index contributed by atoms with van der Waals surface area (Å²) in [5.41, 5.74) is 1.57. The zero-order valence-corrected chi connectivity index (χ0v) is 23.9. The molecule has 0 aliphatic rings. The number of amides is 1. The van der Waals surface area contributed by atoms with Gasteiger partial charge < -0.3 is 19.0 Å². The van der Waals surface area contributed by atoms with Crippen molar-refractivity contribution in [2.75, 3.05) is 25.5 Å². The average molecular weight is 532 g/mol. The van der Waals surface area contributed by atoms with Crippen molar-refractivity contribution in [1.29, 1.82) is 0 Å². The molecule has 2 heterocycles.